The number of ether oxygens (including phenoxy) is 2. The number of rotatable bonds is 10. The first-order valence-corrected chi connectivity index (χ1v) is 10.3. The number of nitrogens with one attached hydrogen (secondary N) is 1. The molecule has 0 atom stereocenters. The van der Waals surface area contributed by atoms with Crippen LogP contribution in [0.5, 0.6) is 11.5 Å². The standard InChI is InChI=1S/C19H22IN5O4/c1-3-27-15-6-5-13(9-16(15)28-4-2)7-8-21-18(26)19-23-17(24-29-19)12-25-11-14(20)10-22-25/h5-6,9-11H,3-4,7-8,12H2,1-2H3,(H,21,26). The lowest BCUT2D eigenvalue weighted by molar-refractivity contribution is 0.0910. The Labute approximate surface area is 181 Å². The zero-order valence-electron chi connectivity index (χ0n) is 16.2. The Balaban J connectivity index is 1.52. The summed E-state index contributed by atoms with van der Waals surface area (Å²) in [7, 11) is 0. The number of halogens is 1. The Morgan fingerprint density at radius 2 is 2.03 bits per heavy atom. The molecule has 0 unspecified atom stereocenters. The molecule has 1 N–H and O–H groups in total. The van der Waals surface area contributed by atoms with E-state index in [-0.39, 0.29) is 5.89 Å². The first-order chi connectivity index (χ1) is 14.1. The van der Waals surface area contributed by atoms with Gasteiger partial charge < -0.3 is 19.3 Å². The maximum Gasteiger partial charge on any atom is 0.316 e. The third-order valence-corrected chi connectivity index (χ3v) is 4.43. The second-order valence-corrected chi connectivity index (χ2v) is 7.27. The number of carbonyl (C=O) groups excluding carboxylic acids is 1. The summed E-state index contributed by atoms with van der Waals surface area (Å²) in [5.74, 6) is 1.33. The SMILES string of the molecule is CCOc1ccc(CCNC(=O)c2nc(Cn3cc(I)cn3)no2)cc1OCC. The number of benzene rings is 1. The monoisotopic (exact) mass is 511 g/mol. The third-order valence-electron chi connectivity index (χ3n) is 3.87. The second kappa shape index (κ2) is 10.2. The summed E-state index contributed by atoms with van der Waals surface area (Å²) in [6.45, 7) is 5.74. The molecule has 10 heteroatoms. The number of amides is 1. The average Bonchev–Trinajstić information content (AvgIpc) is 3.33. The van der Waals surface area contributed by atoms with Crippen LogP contribution < -0.4 is 14.8 Å². The summed E-state index contributed by atoms with van der Waals surface area (Å²) >= 11 is 2.16. The Bertz CT molecular complexity index is 956. The van der Waals surface area contributed by atoms with Gasteiger partial charge in [-0.1, -0.05) is 11.2 Å². The first kappa shape index (κ1) is 21.1. The van der Waals surface area contributed by atoms with Crippen LogP contribution in [0.2, 0.25) is 0 Å². The maximum atomic E-state index is 12.2. The van der Waals surface area contributed by atoms with Gasteiger partial charge >= 0.3 is 11.8 Å². The lowest BCUT2D eigenvalue weighted by atomic mass is 10.1. The lowest BCUT2D eigenvalue weighted by Gasteiger charge is -2.12. The van der Waals surface area contributed by atoms with Gasteiger partial charge in [0, 0.05) is 12.7 Å². The van der Waals surface area contributed by atoms with Crippen LogP contribution in [-0.4, -0.2) is 45.6 Å². The van der Waals surface area contributed by atoms with Crippen molar-refractivity contribution < 1.29 is 18.8 Å². The predicted molar refractivity (Wildman–Crippen MR) is 113 cm³/mol. The smallest absolute Gasteiger partial charge is 0.316 e. The summed E-state index contributed by atoms with van der Waals surface area (Å²) in [6, 6.07) is 5.76. The highest BCUT2D eigenvalue weighted by molar-refractivity contribution is 14.1. The van der Waals surface area contributed by atoms with Gasteiger partial charge in [0.15, 0.2) is 17.3 Å². The normalized spacial score (nSPS) is 10.7. The van der Waals surface area contributed by atoms with E-state index in [0.29, 0.717) is 50.0 Å². The number of hydrogen-bond donors (Lipinski definition) is 1. The van der Waals surface area contributed by atoms with Gasteiger partial charge in [-0.15, -0.1) is 0 Å². The molecular formula is C19H22IN5O4. The van der Waals surface area contributed by atoms with Crippen molar-refractivity contribution in [1.82, 2.24) is 25.2 Å². The molecule has 0 radical (unpaired) electrons. The molecular weight excluding hydrogens is 489 g/mol. The number of hydrogen-bond acceptors (Lipinski definition) is 7. The Morgan fingerprint density at radius 1 is 1.24 bits per heavy atom. The summed E-state index contributed by atoms with van der Waals surface area (Å²) in [5, 5.41) is 10.8. The van der Waals surface area contributed by atoms with Gasteiger partial charge in [0.2, 0.25) is 0 Å². The molecule has 0 bridgehead atoms. The van der Waals surface area contributed by atoms with Crippen LogP contribution in [0.1, 0.15) is 35.9 Å². The van der Waals surface area contributed by atoms with Gasteiger partial charge in [0.05, 0.1) is 23.0 Å². The molecule has 3 aromatic rings. The van der Waals surface area contributed by atoms with Crippen LogP contribution in [0.3, 0.4) is 0 Å². The van der Waals surface area contributed by atoms with Crippen LogP contribution in [0.15, 0.2) is 35.1 Å². The number of nitrogens with zero attached hydrogens (tertiary/aromatic N) is 4. The fourth-order valence-electron chi connectivity index (χ4n) is 2.63. The van der Waals surface area contributed by atoms with Crippen molar-refractivity contribution >= 4 is 28.5 Å². The molecule has 0 saturated carbocycles. The number of carbonyl (C=O) groups is 1. The van der Waals surface area contributed by atoms with Gasteiger partial charge in [-0.25, -0.2) is 0 Å². The van der Waals surface area contributed by atoms with Crippen LogP contribution in [0.25, 0.3) is 0 Å². The molecule has 0 aliphatic rings. The molecule has 1 amide bonds. The second-order valence-electron chi connectivity index (χ2n) is 6.02. The van der Waals surface area contributed by atoms with Crippen molar-refractivity contribution in [3.8, 4) is 11.5 Å². The quantitative estimate of drug-likeness (QED) is 0.418. The van der Waals surface area contributed by atoms with Crippen molar-refractivity contribution in [2.75, 3.05) is 19.8 Å². The minimum Gasteiger partial charge on any atom is -0.490 e. The minimum atomic E-state index is -0.408. The summed E-state index contributed by atoms with van der Waals surface area (Å²) in [6.07, 6.45) is 4.21. The van der Waals surface area contributed by atoms with E-state index in [9.17, 15) is 4.79 Å². The van der Waals surface area contributed by atoms with E-state index in [4.69, 9.17) is 14.0 Å². The van der Waals surface area contributed by atoms with Gasteiger partial charge in [0.25, 0.3) is 0 Å². The van der Waals surface area contributed by atoms with Gasteiger partial charge in [-0.3, -0.25) is 9.48 Å². The zero-order valence-corrected chi connectivity index (χ0v) is 18.4. The van der Waals surface area contributed by atoms with E-state index in [1.165, 1.54) is 0 Å². The Morgan fingerprint density at radius 3 is 2.76 bits per heavy atom. The topological polar surface area (TPSA) is 104 Å². The molecule has 0 spiro atoms. The van der Waals surface area contributed by atoms with Crippen molar-refractivity contribution in [3.05, 3.63) is 51.4 Å². The van der Waals surface area contributed by atoms with E-state index < -0.39 is 5.91 Å². The molecule has 0 fully saturated rings. The van der Waals surface area contributed by atoms with Crippen molar-refractivity contribution in [2.45, 2.75) is 26.8 Å². The molecule has 1 aromatic carbocycles. The molecule has 2 heterocycles. The fourth-order valence-corrected chi connectivity index (χ4v) is 3.07. The summed E-state index contributed by atoms with van der Waals surface area (Å²) in [5.41, 5.74) is 1.02. The highest BCUT2D eigenvalue weighted by Gasteiger charge is 2.15. The largest absolute Gasteiger partial charge is 0.490 e. The van der Waals surface area contributed by atoms with Gasteiger partial charge in [-0.2, -0.15) is 10.1 Å². The third kappa shape index (κ3) is 5.92. The minimum absolute atomic E-state index is 0.0662. The molecule has 2 aromatic heterocycles. The van der Waals surface area contributed by atoms with Crippen molar-refractivity contribution in [1.29, 1.82) is 0 Å². The van der Waals surface area contributed by atoms with E-state index >= 15 is 0 Å². The molecule has 9 nitrogen and oxygen atoms in total. The Hall–Kier alpha value is -2.63. The maximum absolute atomic E-state index is 12.2. The average molecular weight is 511 g/mol. The first-order valence-electron chi connectivity index (χ1n) is 9.26. The van der Waals surface area contributed by atoms with E-state index in [1.54, 1.807) is 10.9 Å². The molecule has 29 heavy (non-hydrogen) atoms. The molecule has 3 rings (SSSR count). The summed E-state index contributed by atoms with van der Waals surface area (Å²) < 4.78 is 18.9. The van der Waals surface area contributed by atoms with E-state index in [0.717, 1.165) is 9.13 Å². The molecule has 0 saturated heterocycles. The van der Waals surface area contributed by atoms with Crippen LogP contribution in [0, 0.1) is 3.57 Å². The Kier molecular flexibility index (Phi) is 7.44. The van der Waals surface area contributed by atoms with Gasteiger partial charge in [0.1, 0.15) is 6.54 Å². The zero-order chi connectivity index (χ0) is 20.6. The summed E-state index contributed by atoms with van der Waals surface area (Å²) in [4.78, 5) is 16.4. The van der Waals surface area contributed by atoms with E-state index in [1.807, 2.05) is 38.2 Å². The van der Waals surface area contributed by atoms with Crippen LogP contribution in [0.4, 0.5) is 0 Å². The van der Waals surface area contributed by atoms with Crippen molar-refractivity contribution in [3.63, 3.8) is 0 Å². The number of aromatic nitrogens is 4. The molecule has 0 aliphatic carbocycles. The molecule has 0 aliphatic heterocycles. The van der Waals surface area contributed by atoms with Crippen LogP contribution in [-0.2, 0) is 13.0 Å². The lowest BCUT2D eigenvalue weighted by Crippen LogP contribution is -2.26. The van der Waals surface area contributed by atoms with E-state index in [2.05, 4.69) is 43.1 Å². The highest BCUT2D eigenvalue weighted by Crippen LogP contribution is 2.28. The highest BCUT2D eigenvalue weighted by atomic mass is 127. The van der Waals surface area contributed by atoms with Crippen LogP contribution >= 0.6 is 22.6 Å². The van der Waals surface area contributed by atoms with Gasteiger partial charge in [-0.05, 0) is 60.6 Å². The fraction of sp³-hybridized carbons (Fsp3) is 0.368. The van der Waals surface area contributed by atoms with Crippen molar-refractivity contribution in [2.24, 2.45) is 0 Å². The predicted octanol–water partition coefficient (Wildman–Crippen LogP) is 2.69. The molecule has 154 valence electrons.